The zero-order valence-corrected chi connectivity index (χ0v) is 12.7. The quantitative estimate of drug-likeness (QED) is 0.357. The van der Waals surface area contributed by atoms with E-state index in [-0.39, 0.29) is 0 Å². The first-order chi connectivity index (χ1) is 11.2. The van der Waals surface area contributed by atoms with Gasteiger partial charge >= 0.3 is 5.97 Å². The molecule has 0 spiro atoms. The molecule has 0 aliphatic heterocycles. The highest BCUT2D eigenvalue weighted by atomic mass is 16.5. The second-order valence-electron chi connectivity index (χ2n) is 5.16. The molecule has 0 bridgehead atoms. The molecule has 0 unspecified atom stereocenters. The van der Waals surface area contributed by atoms with E-state index in [2.05, 4.69) is 25.8 Å². The van der Waals surface area contributed by atoms with E-state index in [9.17, 15) is 4.79 Å². The summed E-state index contributed by atoms with van der Waals surface area (Å²) in [4.78, 5) is 12.5. The van der Waals surface area contributed by atoms with Gasteiger partial charge in [-0.05, 0) is 50.9 Å². The number of rotatable bonds is 4. The van der Waals surface area contributed by atoms with E-state index < -0.39 is 5.97 Å². The molecule has 0 saturated heterocycles. The van der Waals surface area contributed by atoms with E-state index in [0.717, 1.165) is 38.9 Å². The van der Waals surface area contributed by atoms with Gasteiger partial charge in [-0.2, -0.15) is 0 Å². The lowest BCUT2D eigenvalue weighted by molar-refractivity contribution is 0.0666. The van der Waals surface area contributed by atoms with E-state index in [1.807, 2.05) is 36.4 Å². The Kier molecular flexibility index (Phi) is 3.82. The number of carbonyl (C=O) groups is 1. The number of benzene rings is 3. The molecule has 2 heteroatoms. The summed E-state index contributed by atoms with van der Waals surface area (Å²) in [6, 6.07) is 14.1. The monoisotopic (exact) mass is 300 g/mol. The van der Waals surface area contributed by atoms with Crippen LogP contribution in [0.15, 0.2) is 68.5 Å². The topological polar surface area (TPSA) is 26.3 Å². The molecular weight excluding hydrogens is 284 g/mol. The van der Waals surface area contributed by atoms with Crippen molar-refractivity contribution in [3.63, 3.8) is 0 Å². The lowest BCUT2D eigenvalue weighted by Crippen LogP contribution is -2.06. The summed E-state index contributed by atoms with van der Waals surface area (Å²) in [6.45, 7) is 11.1. The van der Waals surface area contributed by atoms with Crippen molar-refractivity contribution in [2.75, 3.05) is 0 Å². The summed E-state index contributed by atoms with van der Waals surface area (Å²) in [7, 11) is 0. The molecule has 0 radical (unpaired) electrons. The standard InChI is InChI=1S/C21H16O2/c1-4-14-11-17-12-15-9-7-8-10-16(15)13-19(17)20(18(14)5-2)21(22)23-6-3/h4-13H,1-3H2. The third kappa shape index (κ3) is 2.44. The van der Waals surface area contributed by atoms with Gasteiger partial charge < -0.3 is 4.74 Å². The lowest BCUT2D eigenvalue weighted by Gasteiger charge is -2.13. The number of hydrogen-bond acceptors (Lipinski definition) is 2. The first-order valence-corrected chi connectivity index (χ1v) is 7.26. The molecule has 0 aromatic heterocycles. The Morgan fingerprint density at radius 2 is 1.61 bits per heavy atom. The van der Waals surface area contributed by atoms with Gasteiger partial charge in [-0.3, -0.25) is 0 Å². The maximum atomic E-state index is 12.5. The summed E-state index contributed by atoms with van der Waals surface area (Å²) in [5, 5.41) is 3.97. The van der Waals surface area contributed by atoms with Crippen molar-refractivity contribution in [1.29, 1.82) is 0 Å². The largest absolute Gasteiger partial charge is 0.431 e. The van der Waals surface area contributed by atoms with E-state index in [0.29, 0.717) is 5.56 Å². The first-order valence-electron chi connectivity index (χ1n) is 7.26. The van der Waals surface area contributed by atoms with Crippen LogP contribution in [0.2, 0.25) is 0 Å². The Hall–Kier alpha value is -3.13. The van der Waals surface area contributed by atoms with E-state index >= 15 is 0 Å². The molecule has 0 amide bonds. The zero-order chi connectivity index (χ0) is 16.4. The molecule has 0 saturated carbocycles. The minimum Gasteiger partial charge on any atom is -0.431 e. The molecule has 0 N–H and O–H groups in total. The van der Waals surface area contributed by atoms with Crippen molar-refractivity contribution < 1.29 is 9.53 Å². The maximum absolute atomic E-state index is 12.5. The van der Waals surface area contributed by atoms with Crippen molar-refractivity contribution in [1.82, 2.24) is 0 Å². The SMILES string of the molecule is C=COC(=O)c1c(C=C)c(C=C)cc2cc3ccccc3cc12. The molecule has 112 valence electrons. The van der Waals surface area contributed by atoms with Crippen LogP contribution in [0.4, 0.5) is 0 Å². The van der Waals surface area contributed by atoms with Gasteiger partial charge in [0.05, 0.1) is 11.8 Å². The van der Waals surface area contributed by atoms with Crippen LogP contribution in [-0.2, 0) is 4.74 Å². The van der Waals surface area contributed by atoms with E-state index in [1.54, 1.807) is 12.2 Å². The number of carbonyl (C=O) groups excluding carboxylic acids is 1. The molecule has 0 atom stereocenters. The molecule has 0 fully saturated rings. The normalized spacial score (nSPS) is 10.4. The minimum absolute atomic E-state index is 0.445. The van der Waals surface area contributed by atoms with Gasteiger partial charge in [0.2, 0.25) is 0 Å². The fraction of sp³-hybridized carbons (Fsp3) is 0. The molecule has 0 heterocycles. The Balaban J connectivity index is 2.49. The van der Waals surface area contributed by atoms with E-state index in [4.69, 9.17) is 4.74 Å². The molecule has 0 aliphatic rings. The van der Waals surface area contributed by atoms with Crippen LogP contribution in [0.3, 0.4) is 0 Å². The van der Waals surface area contributed by atoms with Gasteiger partial charge in [0, 0.05) is 0 Å². The summed E-state index contributed by atoms with van der Waals surface area (Å²) in [5.74, 6) is -0.445. The third-order valence-corrected chi connectivity index (χ3v) is 3.90. The molecule has 3 rings (SSSR count). The van der Waals surface area contributed by atoms with Gasteiger partial charge in [0.1, 0.15) is 0 Å². The van der Waals surface area contributed by atoms with Crippen LogP contribution < -0.4 is 0 Å². The van der Waals surface area contributed by atoms with Crippen LogP contribution in [0.1, 0.15) is 21.5 Å². The highest BCUT2D eigenvalue weighted by Crippen LogP contribution is 2.32. The second-order valence-corrected chi connectivity index (χ2v) is 5.16. The van der Waals surface area contributed by atoms with Gasteiger partial charge in [-0.1, -0.05) is 56.2 Å². The summed E-state index contributed by atoms with van der Waals surface area (Å²) in [6.07, 6.45) is 4.52. The van der Waals surface area contributed by atoms with E-state index in [1.165, 1.54) is 0 Å². The van der Waals surface area contributed by atoms with Crippen LogP contribution in [0, 0.1) is 0 Å². The van der Waals surface area contributed by atoms with Crippen molar-refractivity contribution in [3.05, 3.63) is 85.2 Å². The maximum Gasteiger partial charge on any atom is 0.344 e. The van der Waals surface area contributed by atoms with Crippen LogP contribution in [-0.4, -0.2) is 5.97 Å². The summed E-state index contributed by atoms with van der Waals surface area (Å²) >= 11 is 0. The van der Waals surface area contributed by atoms with Gasteiger partial charge in [-0.15, -0.1) is 0 Å². The Morgan fingerprint density at radius 3 is 2.22 bits per heavy atom. The smallest absolute Gasteiger partial charge is 0.344 e. The number of fused-ring (bicyclic) bond motifs is 2. The molecule has 2 nitrogen and oxygen atoms in total. The van der Waals surface area contributed by atoms with Crippen molar-refractivity contribution in [3.8, 4) is 0 Å². The minimum atomic E-state index is -0.445. The predicted molar refractivity (Wildman–Crippen MR) is 97.2 cm³/mol. The number of hydrogen-bond donors (Lipinski definition) is 0. The first kappa shape index (κ1) is 14.8. The third-order valence-electron chi connectivity index (χ3n) is 3.90. The zero-order valence-electron chi connectivity index (χ0n) is 12.7. The molecule has 3 aromatic rings. The lowest BCUT2D eigenvalue weighted by atomic mass is 9.92. The van der Waals surface area contributed by atoms with Crippen molar-refractivity contribution in [2.45, 2.75) is 0 Å². The predicted octanol–water partition coefficient (Wildman–Crippen LogP) is 5.58. The molecule has 23 heavy (non-hydrogen) atoms. The fourth-order valence-corrected chi connectivity index (χ4v) is 2.87. The van der Waals surface area contributed by atoms with Gasteiger partial charge in [0.25, 0.3) is 0 Å². The Morgan fingerprint density at radius 1 is 0.913 bits per heavy atom. The molecule has 3 aromatic carbocycles. The van der Waals surface area contributed by atoms with Gasteiger partial charge in [0.15, 0.2) is 0 Å². The number of ether oxygens (including phenoxy) is 1. The summed E-state index contributed by atoms with van der Waals surface area (Å²) < 4.78 is 5.03. The average Bonchev–Trinajstić information content (AvgIpc) is 2.58. The fourth-order valence-electron chi connectivity index (χ4n) is 2.87. The highest BCUT2D eigenvalue weighted by Gasteiger charge is 2.18. The molecular formula is C21H16O2. The van der Waals surface area contributed by atoms with Crippen molar-refractivity contribution in [2.24, 2.45) is 0 Å². The number of esters is 1. The van der Waals surface area contributed by atoms with Crippen molar-refractivity contribution >= 4 is 39.7 Å². The van der Waals surface area contributed by atoms with Crippen LogP contribution in [0.5, 0.6) is 0 Å². The highest BCUT2D eigenvalue weighted by molar-refractivity contribution is 6.12. The summed E-state index contributed by atoms with van der Waals surface area (Å²) in [5.41, 5.74) is 2.05. The van der Waals surface area contributed by atoms with Crippen LogP contribution in [0.25, 0.3) is 33.7 Å². The van der Waals surface area contributed by atoms with Crippen LogP contribution >= 0.6 is 0 Å². The Labute approximate surface area is 135 Å². The second kappa shape index (κ2) is 5.93. The average molecular weight is 300 g/mol. The molecule has 0 aliphatic carbocycles. The Bertz CT molecular complexity index is 964. The van der Waals surface area contributed by atoms with Gasteiger partial charge in [-0.25, -0.2) is 4.79 Å².